The van der Waals surface area contributed by atoms with Gasteiger partial charge in [-0.3, -0.25) is 9.59 Å². The number of benzene rings is 2. The Morgan fingerprint density at radius 3 is 2.17 bits per heavy atom. The quantitative estimate of drug-likeness (QED) is 0.944. The summed E-state index contributed by atoms with van der Waals surface area (Å²) < 4.78 is 0. The molecular formula is C19H18N2O2. The highest BCUT2D eigenvalue weighted by Gasteiger charge is 2.40. The minimum atomic E-state index is -0.429. The molecule has 1 aliphatic rings. The van der Waals surface area contributed by atoms with Crippen LogP contribution in [0.5, 0.6) is 0 Å². The lowest BCUT2D eigenvalue weighted by Gasteiger charge is -2.27. The Labute approximate surface area is 135 Å². The minimum absolute atomic E-state index is 0.0577. The zero-order chi connectivity index (χ0) is 16.4. The molecule has 0 spiro atoms. The summed E-state index contributed by atoms with van der Waals surface area (Å²) in [7, 11) is 0. The fraction of sp³-hybridized carbons (Fsp3) is 0.158. The SMILES string of the molecule is CC(=O)C1=C(N)C(=O)N(Cc2ccccc2)C1c1ccccc1. The Bertz CT molecular complexity index is 766. The average Bonchev–Trinajstić information content (AvgIpc) is 2.82. The van der Waals surface area contributed by atoms with Crippen LogP contribution in [0.15, 0.2) is 71.9 Å². The van der Waals surface area contributed by atoms with E-state index in [1.807, 2.05) is 60.7 Å². The van der Waals surface area contributed by atoms with Crippen LogP contribution in [0, 0.1) is 0 Å². The van der Waals surface area contributed by atoms with Crippen molar-refractivity contribution in [1.29, 1.82) is 0 Å². The van der Waals surface area contributed by atoms with Crippen molar-refractivity contribution in [3.05, 3.63) is 83.1 Å². The number of rotatable bonds is 4. The van der Waals surface area contributed by atoms with Crippen molar-refractivity contribution in [2.75, 3.05) is 0 Å². The van der Waals surface area contributed by atoms with Gasteiger partial charge in [-0.1, -0.05) is 60.7 Å². The summed E-state index contributed by atoms with van der Waals surface area (Å²) in [5.74, 6) is -0.451. The topological polar surface area (TPSA) is 63.4 Å². The smallest absolute Gasteiger partial charge is 0.271 e. The lowest BCUT2D eigenvalue weighted by atomic mass is 9.96. The molecule has 3 rings (SSSR count). The number of hydrogen-bond acceptors (Lipinski definition) is 3. The maximum absolute atomic E-state index is 12.6. The van der Waals surface area contributed by atoms with Crippen molar-refractivity contribution in [3.63, 3.8) is 0 Å². The number of nitrogens with two attached hydrogens (primary N) is 1. The number of amides is 1. The number of carbonyl (C=O) groups excluding carboxylic acids is 2. The van der Waals surface area contributed by atoms with Crippen LogP contribution < -0.4 is 5.73 Å². The van der Waals surface area contributed by atoms with Crippen LogP contribution in [-0.2, 0) is 16.1 Å². The Hall–Kier alpha value is -2.88. The maximum atomic E-state index is 12.6. The van der Waals surface area contributed by atoms with Gasteiger partial charge in [-0.15, -0.1) is 0 Å². The van der Waals surface area contributed by atoms with Gasteiger partial charge in [0.25, 0.3) is 5.91 Å². The average molecular weight is 306 g/mol. The highest BCUT2D eigenvalue weighted by atomic mass is 16.2. The standard InChI is InChI=1S/C19H18N2O2/c1-13(22)16-17(20)19(23)21(12-14-8-4-2-5-9-14)18(16)15-10-6-3-7-11-15/h2-11,18H,12,20H2,1H3. The van der Waals surface area contributed by atoms with Crippen molar-refractivity contribution in [3.8, 4) is 0 Å². The van der Waals surface area contributed by atoms with Gasteiger partial charge in [0, 0.05) is 6.54 Å². The highest BCUT2D eigenvalue weighted by molar-refractivity contribution is 6.08. The molecule has 4 nitrogen and oxygen atoms in total. The zero-order valence-corrected chi connectivity index (χ0v) is 12.9. The van der Waals surface area contributed by atoms with Crippen LogP contribution in [0.25, 0.3) is 0 Å². The molecule has 0 aliphatic carbocycles. The number of nitrogens with zero attached hydrogens (tertiary/aromatic N) is 1. The third kappa shape index (κ3) is 2.75. The molecule has 2 aromatic carbocycles. The van der Waals surface area contributed by atoms with Gasteiger partial charge in [-0.2, -0.15) is 0 Å². The lowest BCUT2D eigenvalue weighted by Crippen LogP contribution is -2.31. The van der Waals surface area contributed by atoms with Crippen LogP contribution in [0.2, 0.25) is 0 Å². The molecule has 2 aromatic rings. The molecule has 0 fully saturated rings. The van der Waals surface area contributed by atoms with Gasteiger partial charge in [0.2, 0.25) is 0 Å². The summed E-state index contributed by atoms with van der Waals surface area (Å²) in [6.07, 6.45) is 0. The van der Waals surface area contributed by atoms with Crippen LogP contribution in [0.4, 0.5) is 0 Å². The summed E-state index contributed by atoms with van der Waals surface area (Å²) in [4.78, 5) is 26.3. The summed E-state index contributed by atoms with van der Waals surface area (Å²) in [5, 5.41) is 0. The van der Waals surface area contributed by atoms with E-state index in [9.17, 15) is 9.59 Å². The fourth-order valence-electron chi connectivity index (χ4n) is 3.00. The molecular weight excluding hydrogens is 288 g/mol. The van der Waals surface area contributed by atoms with Gasteiger partial charge in [0.15, 0.2) is 5.78 Å². The molecule has 0 bridgehead atoms. The van der Waals surface area contributed by atoms with Gasteiger partial charge in [-0.05, 0) is 18.1 Å². The lowest BCUT2D eigenvalue weighted by molar-refractivity contribution is -0.127. The van der Waals surface area contributed by atoms with Gasteiger partial charge in [-0.25, -0.2) is 0 Å². The predicted octanol–water partition coefficient (Wildman–Crippen LogP) is 2.57. The number of Topliss-reactive ketones (excluding diaryl/α,β-unsaturated/α-hetero) is 1. The van der Waals surface area contributed by atoms with Crippen molar-refractivity contribution in [1.82, 2.24) is 4.90 Å². The second kappa shape index (κ2) is 6.08. The summed E-state index contributed by atoms with van der Waals surface area (Å²) in [6, 6.07) is 18.8. The third-order valence-corrected chi connectivity index (χ3v) is 4.06. The molecule has 23 heavy (non-hydrogen) atoms. The Morgan fingerprint density at radius 2 is 1.61 bits per heavy atom. The summed E-state index contributed by atoms with van der Waals surface area (Å²) in [6.45, 7) is 1.87. The van der Waals surface area contributed by atoms with E-state index in [2.05, 4.69) is 0 Å². The van der Waals surface area contributed by atoms with E-state index in [-0.39, 0.29) is 17.4 Å². The molecule has 0 saturated heterocycles. The monoisotopic (exact) mass is 306 g/mol. The van der Waals surface area contributed by atoms with Crippen molar-refractivity contribution < 1.29 is 9.59 Å². The Kier molecular flexibility index (Phi) is 3.98. The van der Waals surface area contributed by atoms with Crippen molar-refractivity contribution in [2.24, 2.45) is 5.73 Å². The number of carbonyl (C=O) groups is 2. The molecule has 1 unspecified atom stereocenters. The molecule has 1 amide bonds. The first-order valence-corrected chi connectivity index (χ1v) is 7.50. The largest absolute Gasteiger partial charge is 0.394 e. The van der Waals surface area contributed by atoms with Gasteiger partial charge in [0.05, 0.1) is 11.6 Å². The molecule has 1 heterocycles. The fourth-order valence-corrected chi connectivity index (χ4v) is 3.00. The molecule has 1 aliphatic heterocycles. The van der Waals surface area contributed by atoms with Crippen LogP contribution in [0.1, 0.15) is 24.1 Å². The van der Waals surface area contributed by atoms with Gasteiger partial charge in [0.1, 0.15) is 5.70 Å². The van der Waals surface area contributed by atoms with Crippen molar-refractivity contribution >= 4 is 11.7 Å². The number of ketones is 1. The van der Waals surface area contributed by atoms with E-state index in [4.69, 9.17) is 5.73 Å². The number of hydrogen-bond donors (Lipinski definition) is 1. The van der Waals surface area contributed by atoms with E-state index >= 15 is 0 Å². The Morgan fingerprint density at radius 1 is 1.04 bits per heavy atom. The van der Waals surface area contributed by atoms with Crippen LogP contribution in [-0.4, -0.2) is 16.6 Å². The van der Waals surface area contributed by atoms with E-state index in [1.54, 1.807) is 4.90 Å². The molecule has 0 radical (unpaired) electrons. The predicted molar refractivity (Wildman–Crippen MR) is 88.1 cm³/mol. The molecule has 2 N–H and O–H groups in total. The first-order chi connectivity index (χ1) is 11.1. The molecule has 1 atom stereocenters. The second-order valence-electron chi connectivity index (χ2n) is 5.62. The first-order valence-electron chi connectivity index (χ1n) is 7.50. The minimum Gasteiger partial charge on any atom is -0.394 e. The molecule has 4 heteroatoms. The van der Waals surface area contributed by atoms with Crippen molar-refractivity contribution in [2.45, 2.75) is 19.5 Å². The van der Waals surface area contributed by atoms with Crippen LogP contribution in [0.3, 0.4) is 0 Å². The normalized spacial score (nSPS) is 17.7. The first kappa shape index (κ1) is 15.0. The van der Waals surface area contributed by atoms with Crippen LogP contribution >= 0.6 is 0 Å². The zero-order valence-electron chi connectivity index (χ0n) is 12.9. The summed E-state index contributed by atoms with van der Waals surface area (Å²) >= 11 is 0. The molecule has 116 valence electrons. The highest BCUT2D eigenvalue weighted by Crippen LogP contribution is 2.37. The Balaban J connectivity index is 2.04. The maximum Gasteiger partial charge on any atom is 0.271 e. The summed E-state index contributed by atoms with van der Waals surface area (Å²) in [5.41, 5.74) is 8.30. The molecule has 0 saturated carbocycles. The third-order valence-electron chi connectivity index (χ3n) is 4.06. The van der Waals surface area contributed by atoms with Gasteiger partial charge >= 0.3 is 0 Å². The van der Waals surface area contributed by atoms with E-state index < -0.39 is 6.04 Å². The second-order valence-corrected chi connectivity index (χ2v) is 5.62. The van der Waals surface area contributed by atoms with Gasteiger partial charge < -0.3 is 10.6 Å². The van der Waals surface area contributed by atoms with E-state index in [1.165, 1.54) is 6.92 Å². The molecule has 0 aromatic heterocycles. The van der Waals surface area contributed by atoms with E-state index in [0.717, 1.165) is 11.1 Å². The van der Waals surface area contributed by atoms with E-state index in [0.29, 0.717) is 12.1 Å².